The highest BCUT2D eigenvalue weighted by Gasteiger charge is 2.33. The van der Waals surface area contributed by atoms with E-state index < -0.39 is 4.51 Å². The first kappa shape index (κ1) is 7.13. The Bertz CT molecular complexity index is 285. The summed E-state index contributed by atoms with van der Waals surface area (Å²) in [5, 5.41) is 12.8. The highest BCUT2D eigenvalue weighted by Crippen LogP contribution is 2.38. The number of rotatable bonds is 0. The van der Waals surface area contributed by atoms with Gasteiger partial charge in [0.1, 0.15) is 0 Å². The van der Waals surface area contributed by atoms with Crippen molar-refractivity contribution in [1.29, 1.82) is 0 Å². The summed E-state index contributed by atoms with van der Waals surface area (Å²) in [6, 6.07) is 7.72. The summed E-state index contributed by atoms with van der Waals surface area (Å²) < 4.78 is -0.871. The molecule has 1 aromatic rings. The number of alkyl halides is 1. The summed E-state index contributed by atoms with van der Waals surface area (Å²) in [6.45, 7) is 0.534. The molecule has 2 N–H and O–H groups in total. The van der Waals surface area contributed by atoms with Gasteiger partial charge in [0.25, 0.3) is 0 Å². The Morgan fingerprint density at radius 1 is 1.45 bits per heavy atom. The van der Waals surface area contributed by atoms with Gasteiger partial charge in [-0.25, -0.2) is 0 Å². The highest BCUT2D eigenvalue weighted by molar-refractivity contribution is 9.09. The molecule has 0 saturated carbocycles. The second-order valence-corrected chi connectivity index (χ2v) is 3.97. The average molecular weight is 214 g/mol. The van der Waals surface area contributed by atoms with Crippen molar-refractivity contribution in [2.45, 2.75) is 4.51 Å². The average Bonchev–Trinajstić information content (AvgIpc) is 2.29. The van der Waals surface area contributed by atoms with Gasteiger partial charge in [-0.2, -0.15) is 0 Å². The molecule has 11 heavy (non-hydrogen) atoms. The van der Waals surface area contributed by atoms with Crippen LogP contribution in [0.4, 0.5) is 5.69 Å². The van der Waals surface area contributed by atoms with Crippen molar-refractivity contribution in [2.75, 3.05) is 11.9 Å². The van der Waals surface area contributed by atoms with Gasteiger partial charge in [-0.3, -0.25) is 0 Å². The molecule has 1 aromatic carbocycles. The van der Waals surface area contributed by atoms with Gasteiger partial charge in [0.2, 0.25) is 0 Å². The lowest BCUT2D eigenvalue weighted by Crippen LogP contribution is -2.18. The van der Waals surface area contributed by atoms with Gasteiger partial charge >= 0.3 is 0 Å². The minimum Gasteiger partial charge on any atom is -0.381 e. The standard InChI is InChI=1S/C8H8BrNO/c9-8(11)5-10-7-4-2-1-3-6(7)8/h1-4,10-11H,5H2. The molecule has 0 spiro atoms. The molecule has 1 aliphatic rings. The van der Waals surface area contributed by atoms with Crippen LogP contribution in [0.2, 0.25) is 0 Å². The maximum Gasteiger partial charge on any atom is 0.164 e. The van der Waals surface area contributed by atoms with Crippen LogP contribution in [0.1, 0.15) is 5.56 Å². The van der Waals surface area contributed by atoms with Crippen molar-refractivity contribution >= 4 is 21.6 Å². The van der Waals surface area contributed by atoms with Gasteiger partial charge in [-0.05, 0) is 22.0 Å². The number of β-amino-alcohol motifs (C(OH)–C–C–N with tert-alkyl or cyclic N) is 1. The van der Waals surface area contributed by atoms with E-state index in [4.69, 9.17) is 0 Å². The molecule has 0 amide bonds. The van der Waals surface area contributed by atoms with Crippen molar-refractivity contribution < 1.29 is 5.11 Å². The second kappa shape index (κ2) is 2.22. The van der Waals surface area contributed by atoms with Crippen LogP contribution in [-0.4, -0.2) is 11.7 Å². The fourth-order valence-corrected chi connectivity index (χ4v) is 1.76. The fraction of sp³-hybridized carbons (Fsp3) is 0.250. The number of aliphatic hydroxyl groups is 1. The van der Waals surface area contributed by atoms with Crippen LogP contribution < -0.4 is 5.32 Å². The van der Waals surface area contributed by atoms with Crippen LogP contribution in [0.3, 0.4) is 0 Å². The molecule has 0 fully saturated rings. The quantitative estimate of drug-likeness (QED) is 0.643. The molecule has 1 unspecified atom stereocenters. The maximum atomic E-state index is 9.70. The minimum absolute atomic E-state index is 0.534. The van der Waals surface area contributed by atoms with Crippen molar-refractivity contribution in [1.82, 2.24) is 0 Å². The Hall–Kier alpha value is -0.540. The number of fused-ring (bicyclic) bond motifs is 1. The smallest absolute Gasteiger partial charge is 0.164 e. The van der Waals surface area contributed by atoms with E-state index in [1.165, 1.54) is 0 Å². The predicted molar refractivity (Wildman–Crippen MR) is 47.8 cm³/mol. The number of anilines is 1. The molecule has 0 radical (unpaired) electrons. The SMILES string of the molecule is OC1(Br)CNc2ccccc21. The maximum absolute atomic E-state index is 9.70. The molecule has 0 aliphatic carbocycles. The van der Waals surface area contributed by atoms with Gasteiger partial charge in [0.05, 0.1) is 6.54 Å². The number of hydrogen-bond acceptors (Lipinski definition) is 2. The van der Waals surface area contributed by atoms with Crippen molar-refractivity contribution in [3.8, 4) is 0 Å². The lowest BCUT2D eigenvalue weighted by Gasteiger charge is -2.12. The Balaban J connectivity index is 2.56. The first-order valence-electron chi connectivity index (χ1n) is 3.45. The van der Waals surface area contributed by atoms with Crippen molar-refractivity contribution in [2.24, 2.45) is 0 Å². The summed E-state index contributed by atoms with van der Waals surface area (Å²) in [5.74, 6) is 0. The first-order valence-corrected chi connectivity index (χ1v) is 4.24. The Morgan fingerprint density at radius 3 is 2.91 bits per heavy atom. The van der Waals surface area contributed by atoms with Crippen LogP contribution in [0, 0.1) is 0 Å². The molecule has 58 valence electrons. The van der Waals surface area contributed by atoms with Gasteiger partial charge < -0.3 is 10.4 Å². The third-order valence-corrected chi connectivity index (χ3v) is 2.56. The Kier molecular flexibility index (Phi) is 1.44. The van der Waals surface area contributed by atoms with Gasteiger partial charge in [0.15, 0.2) is 4.51 Å². The summed E-state index contributed by atoms with van der Waals surface area (Å²) in [6.07, 6.45) is 0. The molecule has 3 heteroatoms. The van der Waals surface area contributed by atoms with Gasteiger partial charge in [0, 0.05) is 11.3 Å². The van der Waals surface area contributed by atoms with E-state index in [0.717, 1.165) is 11.3 Å². The van der Waals surface area contributed by atoms with E-state index in [1.54, 1.807) is 0 Å². The van der Waals surface area contributed by atoms with Crippen LogP contribution in [0.25, 0.3) is 0 Å². The Morgan fingerprint density at radius 2 is 2.18 bits per heavy atom. The molecule has 0 bridgehead atoms. The monoisotopic (exact) mass is 213 g/mol. The molecular weight excluding hydrogens is 206 g/mol. The van der Waals surface area contributed by atoms with Crippen molar-refractivity contribution in [3.05, 3.63) is 29.8 Å². The van der Waals surface area contributed by atoms with Crippen LogP contribution in [-0.2, 0) is 4.51 Å². The van der Waals surface area contributed by atoms with Gasteiger partial charge in [-0.15, -0.1) is 0 Å². The van der Waals surface area contributed by atoms with E-state index in [9.17, 15) is 5.11 Å². The third-order valence-electron chi connectivity index (χ3n) is 1.85. The number of para-hydroxylation sites is 1. The molecule has 0 aromatic heterocycles. The summed E-state index contributed by atoms with van der Waals surface area (Å²) in [7, 11) is 0. The second-order valence-electron chi connectivity index (χ2n) is 2.66. The number of hydrogen-bond donors (Lipinski definition) is 2. The van der Waals surface area contributed by atoms with Crippen LogP contribution in [0.15, 0.2) is 24.3 Å². The molecule has 1 atom stereocenters. The van der Waals surface area contributed by atoms with E-state index >= 15 is 0 Å². The molecule has 0 saturated heterocycles. The normalized spacial score (nSPS) is 27.8. The predicted octanol–water partition coefficient (Wildman–Crippen LogP) is 1.65. The zero-order valence-electron chi connectivity index (χ0n) is 5.84. The van der Waals surface area contributed by atoms with E-state index in [0.29, 0.717) is 6.54 Å². The lowest BCUT2D eigenvalue weighted by atomic mass is 10.1. The number of halogens is 1. The topological polar surface area (TPSA) is 32.3 Å². The third kappa shape index (κ3) is 1.04. The number of benzene rings is 1. The fourth-order valence-electron chi connectivity index (χ4n) is 1.28. The Labute approximate surface area is 73.4 Å². The molecular formula is C8H8BrNO. The van der Waals surface area contributed by atoms with Gasteiger partial charge in [-0.1, -0.05) is 18.2 Å². The summed E-state index contributed by atoms with van der Waals surface area (Å²) in [5.41, 5.74) is 1.92. The van der Waals surface area contributed by atoms with Crippen LogP contribution >= 0.6 is 15.9 Å². The van der Waals surface area contributed by atoms with E-state index in [-0.39, 0.29) is 0 Å². The van der Waals surface area contributed by atoms with E-state index in [2.05, 4.69) is 21.2 Å². The zero-order valence-corrected chi connectivity index (χ0v) is 7.43. The summed E-state index contributed by atoms with van der Waals surface area (Å²) in [4.78, 5) is 0. The highest BCUT2D eigenvalue weighted by atomic mass is 79.9. The van der Waals surface area contributed by atoms with Crippen molar-refractivity contribution in [3.63, 3.8) is 0 Å². The van der Waals surface area contributed by atoms with E-state index in [1.807, 2.05) is 24.3 Å². The largest absolute Gasteiger partial charge is 0.381 e. The summed E-state index contributed by atoms with van der Waals surface area (Å²) >= 11 is 3.23. The molecule has 2 nitrogen and oxygen atoms in total. The molecule has 1 heterocycles. The lowest BCUT2D eigenvalue weighted by molar-refractivity contribution is 0.168. The molecule has 1 aliphatic heterocycles. The van der Waals surface area contributed by atoms with Crippen LogP contribution in [0.5, 0.6) is 0 Å². The number of nitrogens with one attached hydrogen (secondary N) is 1. The first-order chi connectivity index (χ1) is 5.20. The molecule has 2 rings (SSSR count). The minimum atomic E-state index is -0.871. The zero-order chi connectivity index (χ0) is 7.90.